The van der Waals surface area contributed by atoms with Crippen molar-refractivity contribution < 1.29 is 4.79 Å². The molecule has 1 aliphatic heterocycles. The zero-order valence-corrected chi connectivity index (χ0v) is 15.9. The van der Waals surface area contributed by atoms with Gasteiger partial charge in [0.15, 0.2) is 5.78 Å². The first-order chi connectivity index (χ1) is 12.1. The van der Waals surface area contributed by atoms with Gasteiger partial charge in [0.2, 0.25) is 0 Å². The molecule has 1 fully saturated rings. The minimum absolute atomic E-state index is 0.00374. The third kappa shape index (κ3) is 4.16. The smallest absolute Gasteiger partial charge is 0.186 e. The molecule has 0 unspecified atom stereocenters. The highest BCUT2D eigenvalue weighted by atomic mass is 35.5. The van der Waals surface area contributed by atoms with E-state index in [1.54, 1.807) is 0 Å². The van der Waals surface area contributed by atoms with Crippen molar-refractivity contribution in [3.63, 3.8) is 0 Å². The molecule has 3 nitrogen and oxygen atoms in total. The molecule has 0 saturated carbocycles. The van der Waals surface area contributed by atoms with Crippen molar-refractivity contribution in [1.82, 2.24) is 9.88 Å². The number of rotatable bonds is 6. The number of fused-ring (bicyclic) bond motifs is 1. The number of carbonyl (C=O) groups excluding carboxylic acids is 1. The molecule has 0 aliphatic carbocycles. The van der Waals surface area contributed by atoms with Crippen LogP contribution in [0.25, 0.3) is 10.9 Å². The van der Waals surface area contributed by atoms with Gasteiger partial charge in [-0.3, -0.25) is 9.69 Å². The predicted octanol–water partition coefficient (Wildman–Crippen LogP) is 5.46. The van der Waals surface area contributed by atoms with Gasteiger partial charge in [-0.2, -0.15) is 0 Å². The van der Waals surface area contributed by atoms with Crippen molar-refractivity contribution in [2.45, 2.75) is 39.5 Å². The number of halogens is 1. The number of piperidine rings is 1. The molecule has 1 aliphatic rings. The Kier molecular flexibility index (Phi) is 5.98. The third-order valence-corrected chi connectivity index (χ3v) is 5.44. The predicted molar refractivity (Wildman–Crippen MR) is 105 cm³/mol. The molecule has 3 rings (SSSR count). The molecule has 0 amide bonds. The van der Waals surface area contributed by atoms with E-state index >= 15 is 0 Å². The minimum atomic E-state index is -0.00374. The number of carbonyl (C=O) groups is 1. The molecule has 1 atom stereocenters. The lowest BCUT2D eigenvalue weighted by atomic mass is 9.86. The zero-order valence-electron chi connectivity index (χ0n) is 15.1. The van der Waals surface area contributed by atoms with Gasteiger partial charge in [0.05, 0.1) is 5.69 Å². The summed E-state index contributed by atoms with van der Waals surface area (Å²) in [6, 6.07) is 7.61. The van der Waals surface area contributed by atoms with Gasteiger partial charge < -0.3 is 4.98 Å². The van der Waals surface area contributed by atoms with Crippen LogP contribution in [0.4, 0.5) is 0 Å². The largest absolute Gasteiger partial charge is 0.352 e. The van der Waals surface area contributed by atoms with Gasteiger partial charge in [0.1, 0.15) is 0 Å². The summed E-state index contributed by atoms with van der Waals surface area (Å²) < 4.78 is 0. The summed E-state index contributed by atoms with van der Waals surface area (Å²) in [7, 11) is 0. The lowest BCUT2D eigenvalue weighted by Gasteiger charge is -2.33. The fraction of sp³-hybridized carbons (Fsp3) is 0.476. The molecular weight excluding hydrogens is 332 g/mol. The average Bonchev–Trinajstić information content (AvgIpc) is 3.04. The second-order valence-electron chi connectivity index (χ2n) is 6.97. The van der Waals surface area contributed by atoms with Crippen LogP contribution >= 0.6 is 11.6 Å². The first kappa shape index (κ1) is 18.2. The number of hydrogen-bond acceptors (Lipinski definition) is 2. The van der Waals surface area contributed by atoms with Gasteiger partial charge in [-0.05, 0) is 62.7 Å². The van der Waals surface area contributed by atoms with Crippen molar-refractivity contribution in [2.75, 3.05) is 19.6 Å². The molecule has 2 heterocycles. The number of unbranched alkanes of at least 4 members (excludes halogenated alkanes) is 2. The molecule has 1 saturated heterocycles. The number of nitrogens with zero attached hydrogens (tertiary/aromatic N) is 1. The maximum atomic E-state index is 13.1. The van der Waals surface area contributed by atoms with E-state index in [0.717, 1.165) is 37.0 Å². The summed E-state index contributed by atoms with van der Waals surface area (Å²) in [6.45, 7) is 7.34. The summed E-state index contributed by atoms with van der Waals surface area (Å²) in [5, 5.41) is 1.69. The molecule has 4 heteroatoms. The number of hydrogen-bond donors (Lipinski definition) is 1. The number of nitrogens with one attached hydrogen (secondary N) is 1. The van der Waals surface area contributed by atoms with Crippen molar-refractivity contribution in [3.8, 4) is 0 Å². The van der Waals surface area contributed by atoms with Crippen LogP contribution in [0, 0.1) is 5.92 Å². The van der Waals surface area contributed by atoms with E-state index in [4.69, 9.17) is 11.6 Å². The summed E-state index contributed by atoms with van der Waals surface area (Å²) in [6.07, 6.45) is 6.81. The van der Waals surface area contributed by atoms with E-state index in [-0.39, 0.29) is 11.7 Å². The van der Waals surface area contributed by atoms with E-state index in [1.807, 2.05) is 24.3 Å². The molecular formula is C21H27ClN2O. The number of aromatic nitrogens is 1. The van der Waals surface area contributed by atoms with Gasteiger partial charge in [-0.25, -0.2) is 0 Å². The summed E-state index contributed by atoms with van der Waals surface area (Å²) in [4.78, 5) is 18.8. The standard InChI is InChI=1S/C21H27ClN2O/c1-3-5-6-10-24-11-9-18(15(4-2)14-24)21(25)20-13-16-12-17(22)7-8-19(16)23-20/h4,7-8,12-13,18,23H,3,5-6,9-11,14H2,1-2H3/b15-4-/t18-/m1/s1. The monoisotopic (exact) mass is 358 g/mol. The molecule has 25 heavy (non-hydrogen) atoms. The number of allylic oxidation sites excluding steroid dienone is 1. The summed E-state index contributed by atoms with van der Waals surface area (Å²) >= 11 is 6.06. The SMILES string of the molecule is C/C=C1/CN(CCCCC)CC[C@H]1C(=O)c1cc2cc(Cl)ccc2[nH]1. The van der Waals surface area contributed by atoms with E-state index < -0.39 is 0 Å². The lowest BCUT2D eigenvalue weighted by molar-refractivity contribution is 0.0895. The van der Waals surface area contributed by atoms with Crippen LogP contribution in [-0.2, 0) is 0 Å². The van der Waals surface area contributed by atoms with E-state index in [1.165, 1.54) is 24.8 Å². The normalized spacial score (nSPS) is 20.4. The second-order valence-corrected chi connectivity index (χ2v) is 7.40. The van der Waals surface area contributed by atoms with Crippen LogP contribution < -0.4 is 0 Å². The number of likely N-dealkylation sites (tertiary alicyclic amines) is 1. The van der Waals surface area contributed by atoms with E-state index in [9.17, 15) is 4.79 Å². The Bertz CT molecular complexity index is 777. The highest BCUT2D eigenvalue weighted by Crippen LogP contribution is 2.28. The van der Waals surface area contributed by atoms with Crippen LogP contribution in [0.5, 0.6) is 0 Å². The summed E-state index contributed by atoms with van der Waals surface area (Å²) in [5.74, 6) is 0.199. The van der Waals surface area contributed by atoms with Gasteiger partial charge in [-0.1, -0.05) is 37.4 Å². The molecule has 2 aromatic rings. The number of Topliss-reactive ketones (excluding diaryl/α,β-unsaturated/α-hetero) is 1. The Morgan fingerprint density at radius 3 is 2.96 bits per heavy atom. The number of H-pyrrole nitrogens is 1. The first-order valence-corrected chi connectivity index (χ1v) is 9.70. The average molecular weight is 359 g/mol. The zero-order chi connectivity index (χ0) is 17.8. The van der Waals surface area contributed by atoms with Crippen molar-refractivity contribution in [1.29, 1.82) is 0 Å². The summed E-state index contributed by atoms with van der Waals surface area (Å²) in [5.41, 5.74) is 2.91. The molecule has 1 aromatic carbocycles. The van der Waals surface area contributed by atoms with E-state index in [2.05, 4.69) is 29.8 Å². The van der Waals surface area contributed by atoms with Crippen LogP contribution in [0.3, 0.4) is 0 Å². The fourth-order valence-electron chi connectivity index (χ4n) is 3.74. The van der Waals surface area contributed by atoms with Crippen LogP contribution in [-0.4, -0.2) is 35.3 Å². The molecule has 0 bridgehead atoms. The fourth-order valence-corrected chi connectivity index (χ4v) is 3.92. The molecule has 1 N–H and O–H groups in total. The topological polar surface area (TPSA) is 36.1 Å². The Hall–Kier alpha value is -1.58. The Balaban J connectivity index is 1.72. The second kappa shape index (κ2) is 8.20. The molecule has 1 aromatic heterocycles. The quantitative estimate of drug-likeness (QED) is 0.422. The lowest BCUT2D eigenvalue weighted by Crippen LogP contribution is -2.38. The van der Waals surface area contributed by atoms with Gasteiger partial charge in [0.25, 0.3) is 0 Å². The Morgan fingerprint density at radius 1 is 1.36 bits per heavy atom. The van der Waals surface area contributed by atoms with Crippen LogP contribution in [0.15, 0.2) is 35.9 Å². The highest BCUT2D eigenvalue weighted by molar-refractivity contribution is 6.31. The first-order valence-electron chi connectivity index (χ1n) is 9.32. The van der Waals surface area contributed by atoms with Crippen molar-refractivity contribution >= 4 is 28.3 Å². The number of benzene rings is 1. The Morgan fingerprint density at radius 2 is 2.20 bits per heavy atom. The van der Waals surface area contributed by atoms with Crippen LogP contribution in [0.1, 0.15) is 50.0 Å². The van der Waals surface area contributed by atoms with Crippen LogP contribution in [0.2, 0.25) is 5.02 Å². The highest BCUT2D eigenvalue weighted by Gasteiger charge is 2.30. The molecule has 0 radical (unpaired) electrons. The van der Waals surface area contributed by atoms with Gasteiger partial charge in [0, 0.05) is 28.4 Å². The minimum Gasteiger partial charge on any atom is -0.352 e. The van der Waals surface area contributed by atoms with Gasteiger partial charge >= 0.3 is 0 Å². The van der Waals surface area contributed by atoms with E-state index in [0.29, 0.717) is 10.7 Å². The molecule has 134 valence electrons. The Labute approximate surface area is 155 Å². The van der Waals surface area contributed by atoms with Crippen molar-refractivity contribution in [3.05, 3.63) is 46.6 Å². The van der Waals surface area contributed by atoms with Crippen molar-refractivity contribution in [2.24, 2.45) is 5.92 Å². The van der Waals surface area contributed by atoms with Gasteiger partial charge in [-0.15, -0.1) is 0 Å². The molecule has 0 spiro atoms. The third-order valence-electron chi connectivity index (χ3n) is 5.20. The maximum Gasteiger partial charge on any atom is 0.186 e. The maximum absolute atomic E-state index is 13.1. The number of aromatic amines is 1. The number of ketones is 1.